The molecule has 0 unspecified atom stereocenters. The van der Waals surface area contributed by atoms with E-state index >= 15 is 0 Å². The second-order valence-electron chi connectivity index (χ2n) is 5.12. The molecule has 4 heteroatoms. The van der Waals surface area contributed by atoms with Crippen LogP contribution in [0.4, 0.5) is 11.4 Å². The number of nitrogen functional groups attached to an aromatic ring is 1. The minimum atomic E-state index is -0.154. The number of anilines is 2. The molecule has 3 aromatic rings. The second-order valence-corrected chi connectivity index (χ2v) is 6.14. The summed E-state index contributed by atoms with van der Waals surface area (Å²) in [4.78, 5) is 13.0. The number of hydrogen-bond donors (Lipinski definition) is 2. The van der Waals surface area contributed by atoms with Crippen LogP contribution in [-0.4, -0.2) is 5.91 Å². The number of nitrogens with one attached hydrogen (secondary N) is 1. The number of aryl methyl sites for hydroxylation is 2. The fourth-order valence-electron chi connectivity index (χ4n) is 2.36. The third kappa shape index (κ3) is 2.50. The Morgan fingerprint density at radius 1 is 1.14 bits per heavy atom. The van der Waals surface area contributed by atoms with Gasteiger partial charge in [0.1, 0.15) is 4.88 Å². The van der Waals surface area contributed by atoms with Gasteiger partial charge in [0.2, 0.25) is 0 Å². The van der Waals surface area contributed by atoms with E-state index in [1.165, 1.54) is 11.3 Å². The fourth-order valence-corrected chi connectivity index (χ4v) is 3.44. The first kappa shape index (κ1) is 13.6. The number of carbonyl (C=O) groups excluding carboxylic acids is 1. The first-order valence-electron chi connectivity index (χ1n) is 6.72. The molecule has 0 aliphatic heterocycles. The lowest BCUT2D eigenvalue weighted by Crippen LogP contribution is -2.11. The van der Waals surface area contributed by atoms with Crippen LogP contribution in [0.1, 0.15) is 20.8 Å². The van der Waals surface area contributed by atoms with E-state index in [1.54, 1.807) is 0 Å². The van der Waals surface area contributed by atoms with Crippen LogP contribution in [0.3, 0.4) is 0 Å². The minimum Gasteiger partial charge on any atom is -0.397 e. The van der Waals surface area contributed by atoms with E-state index in [0.29, 0.717) is 10.6 Å². The molecule has 0 bridgehead atoms. The molecular weight excluding hydrogens is 280 g/mol. The second kappa shape index (κ2) is 5.22. The van der Waals surface area contributed by atoms with Gasteiger partial charge in [0.05, 0.1) is 5.69 Å². The Hall–Kier alpha value is -2.33. The molecule has 2 aromatic carbocycles. The van der Waals surface area contributed by atoms with Crippen molar-refractivity contribution < 1.29 is 4.79 Å². The van der Waals surface area contributed by atoms with Gasteiger partial charge in [-0.3, -0.25) is 4.79 Å². The van der Waals surface area contributed by atoms with Gasteiger partial charge in [0.25, 0.3) is 5.91 Å². The molecule has 1 aromatic heterocycles. The number of carbonyl (C=O) groups is 1. The van der Waals surface area contributed by atoms with Crippen molar-refractivity contribution in [1.82, 2.24) is 0 Å². The molecular formula is C17H16N2OS. The van der Waals surface area contributed by atoms with Gasteiger partial charge in [0.15, 0.2) is 0 Å². The summed E-state index contributed by atoms with van der Waals surface area (Å²) in [6.45, 7) is 4.02. The molecule has 0 radical (unpaired) electrons. The summed E-state index contributed by atoms with van der Waals surface area (Å²) in [5.74, 6) is -0.154. The first-order valence-corrected chi connectivity index (χ1v) is 7.53. The van der Waals surface area contributed by atoms with Gasteiger partial charge in [-0.2, -0.15) is 0 Å². The number of fused-ring (bicyclic) bond motifs is 1. The van der Waals surface area contributed by atoms with Crippen LogP contribution >= 0.6 is 11.3 Å². The SMILES string of the molecule is Cc1cccc(NC(=O)c2sc3c(C)cccc3c2N)c1. The lowest BCUT2D eigenvalue weighted by molar-refractivity contribution is 0.103. The van der Waals surface area contributed by atoms with Crippen molar-refractivity contribution in [2.45, 2.75) is 13.8 Å². The van der Waals surface area contributed by atoms with Crippen molar-refractivity contribution in [2.24, 2.45) is 0 Å². The van der Waals surface area contributed by atoms with Crippen LogP contribution in [-0.2, 0) is 0 Å². The summed E-state index contributed by atoms with van der Waals surface area (Å²) in [5.41, 5.74) is 9.73. The minimum absolute atomic E-state index is 0.154. The summed E-state index contributed by atoms with van der Waals surface area (Å²) >= 11 is 1.45. The van der Waals surface area contributed by atoms with E-state index in [4.69, 9.17) is 5.73 Å². The lowest BCUT2D eigenvalue weighted by Gasteiger charge is -2.05. The highest BCUT2D eigenvalue weighted by atomic mass is 32.1. The van der Waals surface area contributed by atoms with Gasteiger partial charge in [-0.1, -0.05) is 30.3 Å². The number of benzene rings is 2. The molecule has 0 aliphatic carbocycles. The Bertz CT molecular complexity index is 836. The number of thiophene rings is 1. The molecule has 21 heavy (non-hydrogen) atoms. The van der Waals surface area contributed by atoms with E-state index in [9.17, 15) is 4.79 Å². The third-order valence-electron chi connectivity index (χ3n) is 3.43. The zero-order valence-corrected chi connectivity index (χ0v) is 12.8. The molecule has 1 amide bonds. The number of amides is 1. The molecule has 0 fully saturated rings. The summed E-state index contributed by atoms with van der Waals surface area (Å²) in [6.07, 6.45) is 0. The Morgan fingerprint density at radius 2 is 1.90 bits per heavy atom. The van der Waals surface area contributed by atoms with Gasteiger partial charge in [-0.25, -0.2) is 0 Å². The summed E-state index contributed by atoms with van der Waals surface area (Å²) < 4.78 is 1.07. The highest BCUT2D eigenvalue weighted by Crippen LogP contribution is 2.35. The smallest absolute Gasteiger partial charge is 0.267 e. The van der Waals surface area contributed by atoms with E-state index in [2.05, 4.69) is 5.32 Å². The van der Waals surface area contributed by atoms with Crippen LogP contribution < -0.4 is 11.1 Å². The molecule has 3 nitrogen and oxygen atoms in total. The van der Waals surface area contributed by atoms with E-state index in [1.807, 2.05) is 56.3 Å². The molecule has 106 valence electrons. The average molecular weight is 296 g/mol. The quantitative estimate of drug-likeness (QED) is 0.738. The maximum absolute atomic E-state index is 12.4. The fraction of sp³-hybridized carbons (Fsp3) is 0.118. The van der Waals surface area contributed by atoms with Crippen LogP contribution in [0, 0.1) is 13.8 Å². The van der Waals surface area contributed by atoms with E-state index in [-0.39, 0.29) is 5.91 Å². The summed E-state index contributed by atoms with van der Waals surface area (Å²) in [5, 5.41) is 3.86. The van der Waals surface area contributed by atoms with Crippen molar-refractivity contribution in [3.8, 4) is 0 Å². The molecule has 3 N–H and O–H groups in total. The molecule has 1 heterocycles. The predicted octanol–water partition coefficient (Wildman–Crippen LogP) is 4.35. The number of rotatable bonds is 2. The number of hydrogen-bond acceptors (Lipinski definition) is 3. The Balaban J connectivity index is 1.98. The van der Waals surface area contributed by atoms with Crippen molar-refractivity contribution in [3.05, 3.63) is 58.5 Å². The zero-order chi connectivity index (χ0) is 15.0. The van der Waals surface area contributed by atoms with Gasteiger partial charge in [0, 0.05) is 15.8 Å². The maximum Gasteiger partial charge on any atom is 0.267 e. The Morgan fingerprint density at radius 3 is 2.62 bits per heavy atom. The molecule has 0 spiro atoms. The van der Waals surface area contributed by atoms with Crippen molar-refractivity contribution >= 4 is 38.7 Å². The van der Waals surface area contributed by atoms with Crippen LogP contribution in [0.2, 0.25) is 0 Å². The monoisotopic (exact) mass is 296 g/mol. The molecule has 0 saturated heterocycles. The first-order chi connectivity index (χ1) is 10.1. The lowest BCUT2D eigenvalue weighted by atomic mass is 10.1. The molecule has 0 aliphatic rings. The number of nitrogens with two attached hydrogens (primary N) is 1. The largest absolute Gasteiger partial charge is 0.397 e. The standard InChI is InChI=1S/C17H16N2OS/c1-10-5-3-7-12(9-10)19-17(20)16-14(18)13-8-4-6-11(2)15(13)21-16/h3-9H,18H2,1-2H3,(H,19,20). The highest BCUT2D eigenvalue weighted by Gasteiger charge is 2.17. The predicted molar refractivity (Wildman–Crippen MR) is 90.1 cm³/mol. The molecule has 0 atom stereocenters. The normalized spacial score (nSPS) is 10.8. The van der Waals surface area contributed by atoms with Crippen molar-refractivity contribution in [1.29, 1.82) is 0 Å². The highest BCUT2D eigenvalue weighted by molar-refractivity contribution is 7.21. The van der Waals surface area contributed by atoms with Gasteiger partial charge < -0.3 is 11.1 Å². The van der Waals surface area contributed by atoms with Gasteiger partial charge >= 0.3 is 0 Å². The Kier molecular flexibility index (Phi) is 3.39. The topological polar surface area (TPSA) is 55.1 Å². The summed E-state index contributed by atoms with van der Waals surface area (Å²) in [6, 6.07) is 13.7. The van der Waals surface area contributed by atoms with Crippen molar-refractivity contribution in [3.63, 3.8) is 0 Å². The van der Waals surface area contributed by atoms with E-state index < -0.39 is 0 Å². The zero-order valence-electron chi connectivity index (χ0n) is 11.9. The third-order valence-corrected chi connectivity index (χ3v) is 4.79. The van der Waals surface area contributed by atoms with Crippen LogP contribution in [0.15, 0.2) is 42.5 Å². The van der Waals surface area contributed by atoms with E-state index in [0.717, 1.165) is 26.9 Å². The molecule has 3 rings (SSSR count). The van der Waals surface area contributed by atoms with Crippen LogP contribution in [0.5, 0.6) is 0 Å². The average Bonchev–Trinajstić information content (AvgIpc) is 2.78. The Labute approximate surface area is 127 Å². The maximum atomic E-state index is 12.4. The molecule has 0 saturated carbocycles. The van der Waals surface area contributed by atoms with Crippen LogP contribution in [0.25, 0.3) is 10.1 Å². The van der Waals surface area contributed by atoms with Gasteiger partial charge in [-0.05, 0) is 37.1 Å². The van der Waals surface area contributed by atoms with Crippen molar-refractivity contribution in [2.75, 3.05) is 11.1 Å². The van der Waals surface area contributed by atoms with Gasteiger partial charge in [-0.15, -0.1) is 11.3 Å². The summed E-state index contributed by atoms with van der Waals surface area (Å²) in [7, 11) is 0.